The normalized spacial score (nSPS) is 11.3. The van der Waals surface area contributed by atoms with Gasteiger partial charge >= 0.3 is 0 Å². The highest BCUT2D eigenvalue weighted by atomic mass is 79.9. The Morgan fingerprint density at radius 2 is 1.76 bits per heavy atom. The van der Waals surface area contributed by atoms with Gasteiger partial charge in [0.05, 0.1) is 10.8 Å². The number of hydrogen-bond donors (Lipinski definition) is 0. The molecule has 4 aromatic rings. The molecular weight excluding hydrogens is 384 g/mol. The van der Waals surface area contributed by atoms with Gasteiger partial charge in [0.1, 0.15) is 11.3 Å². The molecule has 6 heteroatoms. The minimum absolute atomic E-state index is 0.114. The SMILES string of the molecule is Cc1c(-c2nn(C)c(=O)c3ccccc23)oc2ccc(Br)cc2c1=O. The molecule has 0 atom stereocenters. The molecule has 0 unspecified atom stereocenters. The molecule has 0 aliphatic heterocycles. The molecule has 2 heterocycles. The summed E-state index contributed by atoms with van der Waals surface area (Å²) in [5.41, 5.74) is 1.12. The van der Waals surface area contributed by atoms with E-state index < -0.39 is 0 Å². The Bertz CT molecular complexity index is 1270. The molecule has 2 aromatic carbocycles. The van der Waals surface area contributed by atoms with Gasteiger partial charge in [0.15, 0.2) is 11.2 Å². The third-order valence-corrected chi connectivity index (χ3v) is 4.74. The Balaban J connectivity index is 2.16. The minimum atomic E-state index is -0.191. The summed E-state index contributed by atoms with van der Waals surface area (Å²) in [5.74, 6) is 0.381. The third kappa shape index (κ3) is 2.41. The van der Waals surface area contributed by atoms with E-state index in [-0.39, 0.29) is 11.0 Å². The maximum Gasteiger partial charge on any atom is 0.274 e. The van der Waals surface area contributed by atoms with E-state index in [9.17, 15) is 9.59 Å². The van der Waals surface area contributed by atoms with Crippen LogP contribution < -0.4 is 11.0 Å². The first-order valence-electron chi connectivity index (χ1n) is 7.67. The number of hydrogen-bond acceptors (Lipinski definition) is 4. The standard InChI is InChI=1S/C19H13BrN2O3/c1-10-17(23)14-9-11(20)7-8-15(14)25-18(10)16-12-5-3-4-6-13(12)19(24)22(2)21-16/h3-9H,1-2H3. The second-order valence-corrected chi connectivity index (χ2v) is 6.76. The Hall–Kier alpha value is -2.73. The van der Waals surface area contributed by atoms with Crippen LogP contribution >= 0.6 is 15.9 Å². The van der Waals surface area contributed by atoms with E-state index in [4.69, 9.17) is 4.42 Å². The average molecular weight is 397 g/mol. The van der Waals surface area contributed by atoms with Crippen LogP contribution in [-0.4, -0.2) is 9.78 Å². The molecule has 0 spiro atoms. The lowest BCUT2D eigenvalue weighted by Crippen LogP contribution is -2.21. The highest BCUT2D eigenvalue weighted by Gasteiger charge is 2.18. The van der Waals surface area contributed by atoms with Crippen molar-refractivity contribution < 1.29 is 4.42 Å². The Morgan fingerprint density at radius 1 is 1.04 bits per heavy atom. The predicted octanol–water partition coefficient (Wildman–Crippen LogP) is 3.78. The van der Waals surface area contributed by atoms with Crippen molar-refractivity contribution in [1.82, 2.24) is 9.78 Å². The summed E-state index contributed by atoms with van der Waals surface area (Å²) >= 11 is 3.37. The fourth-order valence-electron chi connectivity index (χ4n) is 2.95. The van der Waals surface area contributed by atoms with Crippen molar-refractivity contribution in [3.63, 3.8) is 0 Å². The fourth-order valence-corrected chi connectivity index (χ4v) is 3.31. The van der Waals surface area contributed by atoms with Crippen LogP contribution in [0.2, 0.25) is 0 Å². The van der Waals surface area contributed by atoms with Crippen LogP contribution in [0.5, 0.6) is 0 Å². The monoisotopic (exact) mass is 396 g/mol. The molecular formula is C19H13BrN2O3. The van der Waals surface area contributed by atoms with Crippen molar-refractivity contribution in [2.24, 2.45) is 7.05 Å². The van der Waals surface area contributed by atoms with Gasteiger partial charge in [-0.15, -0.1) is 0 Å². The first-order chi connectivity index (χ1) is 12.0. The van der Waals surface area contributed by atoms with Crippen LogP contribution in [0.3, 0.4) is 0 Å². The molecule has 0 saturated heterocycles. The summed E-state index contributed by atoms with van der Waals surface area (Å²) in [7, 11) is 1.59. The van der Waals surface area contributed by atoms with E-state index in [0.29, 0.717) is 38.8 Å². The molecule has 2 aromatic heterocycles. The summed E-state index contributed by atoms with van der Waals surface area (Å²) in [5, 5.41) is 6.06. The number of aryl methyl sites for hydroxylation is 1. The van der Waals surface area contributed by atoms with Crippen LogP contribution in [0.4, 0.5) is 0 Å². The molecule has 0 amide bonds. The van der Waals surface area contributed by atoms with Gasteiger partial charge in [0.2, 0.25) is 0 Å². The van der Waals surface area contributed by atoms with E-state index in [0.717, 1.165) is 4.47 Å². The van der Waals surface area contributed by atoms with Gasteiger partial charge in [-0.25, -0.2) is 4.68 Å². The number of aromatic nitrogens is 2. The molecule has 5 nitrogen and oxygen atoms in total. The molecule has 4 rings (SSSR count). The van der Waals surface area contributed by atoms with E-state index in [1.165, 1.54) is 4.68 Å². The van der Waals surface area contributed by atoms with Crippen molar-refractivity contribution in [2.75, 3.05) is 0 Å². The van der Waals surface area contributed by atoms with Crippen LogP contribution in [0.25, 0.3) is 33.2 Å². The lowest BCUT2D eigenvalue weighted by atomic mass is 10.1. The second kappa shape index (κ2) is 5.67. The van der Waals surface area contributed by atoms with E-state index in [1.54, 1.807) is 38.2 Å². The van der Waals surface area contributed by atoms with Crippen LogP contribution in [0, 0.1) is 6.92 Å². The second-order valence-electron chi connectivity index (χ2n) is 5.85. The van der Waals surface area contributed by atoms with Crippen LogP contribution in [-0.2, 0) is 7.05 Å². The zero-order valence-electron chi connectivity index (χ0n) is 13.5. The largest absolute Gasteiger partial charge is 0.454 e. The van der Waals surface area contributed by atoms with Crippen molar-refractivity contribution in [3.05, 3.63) is 73.1 Å². The Labute approximate surface area is 150 Å². The number of benzene rings is 2. The van der Waals surface area contributed by atoms with Gasteiger partial charge in [0.25, 0.3) is 5.56 Å². The van der Waals surface area contributed by atoms with Gasteiger partial charge in [0, 0.05) is 22.5 Å². The Morgan fingerprint density at radius 3 is 2.52 bits per heavy atom. The molecule has 0 aliphatic carbocycles. The van der Waals surface area contributed by atoms with E-state index >= 15 is 0 Å². The van der Waals surface area contributed by atoms with E-state index in [1.807, 2.05) is 18.2 Å². The summed E-state index contributed by atoms with van der Waals surface area (Å²) < 4.78 is 8.10. The average Bonchev–Trinajstić information content (AvgIpc) is 2.62. The number of rotatable bonds is 1. The number of fused-ring (bicyclic) bond motifs is 2. The molecule has 124 valence electrons. The summed E-state index contributed by atoms with van der Waals surface area (Å²) in [6.45, 7) is 1.71. The van der Waals surface area contributed by atoms with Crippen molar-refractivity contribution in [3.8, 4) is 11.5 Å². The molecule has 25 heavy (non-hydrogen) atoms. The van der Waals surface area contributed by atoms with Gasteiger partial charge < -0.3 is 4.42 Å². The zero-order valence-corrected chi connectivity index (χ0v) is 15.1. The van der Waals surface area contributed by atoms with Crippen LogP contribution in [0.15, 0.2) is 60.9 Å². The molecule has 0 fully saturated rings. The molecule has 0 N–H and O–H groups in total. The lowest BCUT2D eigenvalue weighted by molar-refractivity contribution is 0.604. The Kier molecular flexibility index (Phi) is 3.58. The van der Waals surface area contributed by atoms with Crippen molar-refractivity contribution in [2.45, 2.75) is 6.92 Å². The maximum atomic E-state index is 12.8. The van der Waals surface area contributed by atoms with Crippen molar-refractivity contribution >= 4 is 37.7 Å². The summed E-state index contributed by atoms with van der Waals surface area (Å²) in [6.07, 6.45) is 0. The fraction of sp³-hybridized carbons (Fsp3) is 0.105. The lowest BCUT2D eigenvalue weighted by Gasteiger charge is -2.10. The minimum Gasteiger partial charge on any atom is -0.454 e. The molecule has 0 aliphatic rings. The zero-order chi connectivity index (χ0) is 17.7. The first kappa shape index (κ1) is 15.8. The van der Waals surface area contributed by atoms with Crippen LogP contribution in [0.1, 0.15) is 5.56 Å². The molecule has 0 bridgehead atoms. The molecule has 0 saturated carbocycles. The van der Waals surface area contributed by atoms with Gasteiger partial charge in [-0.05, 0) is 31.2 Å². The highest BCUT2D eigenvalue weighted by Crippen LogP contribution is 2.29. The quantitative estimate of drug-likeness (QED) is 0.491. The summed E-state index contributed by atoms with van der Waals surface area (Å²) in [6, 6.07) is 12.5. The number of halogens is 1. The van der Waals surface area contributed by atoms with Crippen molar-refractivity contribution in [1.29, 1.82) is 0 Å². The van der Waals surface area contributed by atoms with Gasteiger partial charge in [-0.2, -0.15) is 5.10 Å². The third-order valence-electron chi connectivity index (χ3n) is 4.25. The van der Waals surface area contributed by atoms with E-state index in [2.05, 4.69) is 21.0 Å². The van der Waals surface area contributed by atoms with Gasteiger partial charge in [-0.3, -0.25) is 9.59 Å². The first-order valence-corrected chi connectivity index (χ1v) is 8.46. The summed E-state index contributed by atoms with van der Waals surface area (Å²) in [4.78, 5) is 25.1. The predicted molar refractivity (Wildman–Crippen MR) is 101 cm³/mol. The molecule has 0 radical (unpaired) electrons. The highest BCUT2D eigenvalue weighted by molar-refractivity contribution is 9.10. The topological polar surface area (TPSA) is 65.1 Å². The smallest absolute Gasteiger partial charge is 0.274 e. The number of nitrogens with zero attached hydrogens (tertiary/aromatic N) is 2. The van der Waals surface area contributed by atoms with Gasteiger partial charge in [-0.1, -0.05) is 34.1 Å². The maximum absolute atomic E-state index is 12.8.